The molecule has 6 heteroatoms. The molecule has 334 valence electrons. The third-order valence-electron chi connectivity index (χ3n) is 12.6. The molecule has 8 aromatic rings. The van der Waals surface area contributed by atoms with Gasteiger partial charge in [-0.15, -0.1) is 0 Å². The number of allylic oxidation sites excluding steroid dienone is 12. The lowest BCUT2D eigenvalue weighted by Gasteiger charge is -2.22. The van der Waals surface area contributed by atoms with Crippen LogP contribution in [0.3, 0.4) is 0 Å². The molecular formula is C64H48N6. The Morgan fingerprint density at radius 3 is 0.900 bits per heavy atom. The Morgan fingerprint density at radius 1 is 0.386 bits per heavy atom. The van der Waals surface area contributed by atoms with E-state index in [1.54, 1.807) is 24.3 Å². The first-order valence-corrected chi connectivity index (χ1v) is 22.9. The van der Waals surface area contributed by atoms with Gasteiger partial charge in [-0.3, -0.25) is 0 Å². The van der Waals surface area contributed by atoms with Gasteiger partial charge in [-0.05, 0) is 161 Å². The molecule has 4 N–H and O–H groups in total. The summed E-state index contributed by atoms with van der Waals surface area (Å²) in [6.07, 6.45) is 19.0. The molecule has 0 amide bonds. The van der Waals surface area contributed by atoms with Gasteiger partial charge in [0.1, 0.15) is 0 Å². The highest BCUT2D eigenvalue weighted by Gasteiger charge is 2.21. The summed E-state index contributed by atoms with van der Waals surface area (Å²) < 4.78 is 0. The van der Waals surface area contributed by atoms with Crippen LogP contribution in [0.5, 0.6) is 0 Å². The Bertz CT molecular complexity index is 3470. The topological polar surface area (TPSA) is 147 Å². The van der Waals surface area contributed by atoms with Gasteiger partial charge in [-0.25, -0.2) is 0 Å². The minimum absolute atomic E-state index is 0.498. The normalized spacial score (nSPS) is 12.3. The van der Waals surface area contributed by atoms with Crippen molar-refractivity contribution < 1.29 is 0 Å². The summed E-state index contributed by atoms with van der Waals surface area (Å²) in [5.41, 5.74) is 26.0. The molecule has 0 aliphatic carbocycles. The third kappa shape index (κ3) is 10.0. The molecule has 0 aliphatic heterocycles. The average Bonchev–Trinajstić information content (AvgIpc) is 3.40. The van der Waals surface area contributed by atoms with Crippen LogP contribution in [0.15, 0.2) is 230 Å². The van der Waals surface area contributed by atoms with Gasteiger partial charge in [0.15, 0.2) is 0 Å². The lowest BCUT2D eigenvalue weighted by molar-refractivity contribution is 1.25. The van der Waals surface area contributed by atoms with Crippen molar-refractivity contribution in [2.75, 3.05) is 0 Å². The number of hydrogen-bond donors (Lipinski definition) is 2. The smallest absolute Gasteiger partial charge is 0.0988 e. The zero-order chi connectivity index (χ0) is 49.0. The lowest BCUT2D eigenvalue weighted by atomic mass is 9.81. The monoisotopic (exact) mass is 900 g/mol. The summed E-state index contributed by atoms with van der Waals surface area (Å²) >= 11 is 0. The van der Waals surface area contributed by atoms with Gasteiger partial charge < -0.3 is 11.5 Å². The summed E-state index contributed by atoms with van der Waals surface area (Å²) in [6, 6.07) is 56.6. The van der Waals surface area contributed by atoms with Crippen LogP contribution in [-0.2, 0) is 25.7 Å². The maximum Gasteiger partial charge on any atom is 0.0988 e. The highest BCUT2D eigenvalue weighted by atomic mass is 14.5. The molecule has 6 nitrogen and oxygen atoms in total. The SMILES string of the molecule is C=C/C(C#N)=C\Cc1cccc(-c2cc(-c3cccc(C/C=C(C#N)\C=C/N)c3)c3ccc4c(-c5cccc(C/C=C(C#N)\C=C/N)c5)cc(-c5cccc(C/C=C(/C#N)C=C)c5)c5ccc2c3c54)c1. The molecular weight excluding hydrogens is 853 g/mol. The predicted octanol–water partition coefficient (Wildman–Crippen LogP) is 14.5. The molecule has 0 heterocycles. The quantitative estimate of drug-likeness (QED) is 0.0560. The number of hydrogen-bond acceptors (Lipinski definition) is 6. The minimum Gasteiger partial charge on any atom is -0.405 e. The Balaban J connectivity index is 1.44. The van der Waals surface area contributed by atoms with Crippen molar-refractivity contribution in [1.82, 2.24) is 0 Å². The minimum atomic E-state index is 0.498. The number of nitriles is 4. The van der Waals surface area contributed by atoms with Crippen LogP contribution in [0.1, 0.15) is 22.3 Å². The standard InChI is InChI=1S/C64H48N6/c1-3-43(39-67)17-19-45-9-5-13-51(33-45)59-37-61(53-15-7-11-47(35-53)21-23-49(41-69)29-31-65)57-27-28-58-62(54-16-8-12-48(36-54)22-24-50(42-70)30-32-66)38-60(56-26-25-55(59)63(57)64(56)58)52-14-6-10-46(34-52)20-18-44(4-2)40-68/h3-18,23-38H,1-2,19-22,65-66H2/b31-29-,32-30-,43-17+,44-18+,49-23+,50-24+. The van der Waals surface area contributed by atoms with Crippen molar-refractivity contribution in [3.8, 4) is 68.8 Å². The van der Waals surface area contributed by atoms with Crippen molar-refractivity contribution in [2.24, 2.45) is 11.5 Å². The Hall–Kier alpha value is -9.72. The van der Waals surface area contributed by atoms with Crippen molar-refractivity contribution in [1.29, 1.82) is 21.0 Å². The molecule has 0 saturated carbocycles. The summed E-state index contributed by atoms with van der Waals surface area (Å²) in [6.45, 7) is 7.63. The molecule has 8 aromatic carbocycles. The van der Waals surface area contributed by atoms with Gasteiger partial charge in [-0.2, -0.15) is 21.0 Å². The van der Waals surface area contributed by atoms with E-state index in [2.05, 4.69) is 171 Å². The second-order valence-electron chi connectivity index (χ2n) is 16.8. The summed E-state index contributed by atoms with van der Waals surface area (Å²) in [4.78, 5) is 0. The molecule has 70 heavy (non-hydrogen) atoms. The summed E-state index contributed by atoms with van der Waals surface area (Å²) in [5.74, 6) is 0. The molecule has 0 unspecified atom stereocenters. The zero-order valence-electron chi connectivity index (χ0n) is 38.7. The highest BCUT2D eigenvalue weighted by Crippen LogP contribution is 2.49. The van der Waals surface area contributed by atoms with Crippen LogP contribution < -0.4 is 11.5 Å². The van der Waals surface area contributed by atoms with E-state index in [0.29, 0.717) is 48.0 Å². The molecule has 0 spiro atoms. The van der Waals surface area contributed by atoms with Crippen molar-refractivity contribution in [3.63, 3.8) is 0 Å². The second-order valence-corrected chi connectivity index (χ2v) is 16.8. The van der Waals surface area contributed by atoms with Gasteiger partial charge in [0.2, 0.25) is 0 Å². The third-order valence-corrected chi connectivity index (χ3v) is 12.6. The fourth-order valence-electron chi connectivity index (χ4n) is 9.18. The van der Waals surface area contributed by atoms with E-state index in [9.17, 15) is 21.0 Å². The van der Waals surface area contributed by atoms with Crippen LogP contribution in [0.2, 0.25) is 0 Å². The molecule has 8 rings (SSSR count). The van der Waals surface area contributed by atoms with E-state index >= 15 is 0 Å². The van der Waals surface area contributed by atoms with Gasteiger partial charge >= 0.3 is 0 Å². The number of nitrogens with zero attached hydrogens (tertiary/aromatic N) is 4. The number of nitrogens with two attached hydrogens (primary N) is 2. The van der Waals surface area contributed by atoms with Crippen LogP contribution in [-0.4, -0.2) is 0 Å². The second kappa shape index (κ2) is 21.7. The largest absolute Gasteiger partial charge is 0.405 e. The fraction of sp³-hybridized carbons (Fsp3) is 0.0625. The maximum atomic E-state index is 9.73. The molecule has 0 fully saturated rings. The zero-order valence-corrected chi connectivity index (χ0v) is 38.7. The van der Waals surface area contributed by atoms with E-state index in [0.717, 1.165) is 99.1 Å². The first-order valence-electron chi connectivity index (χ1n) is 22.9. The first kappa shape index (κ1) is 46.8. The van der Waals surface area contributed by atoms with E-state index in [4.69, 9.17) is 11.5 Å². The molecule has 0 aliphatic rings. The highest BCUT2D eigenvalue weighted by molar-refractivity contribution is 6.32. The molecule has 0 atom stereocenters. The first-order chi connectivity index (χ1) is 34.3. The average molecular weight is 901 g/mol. The Labute approximate surface area is 409 Å². The van der Waals surface area contributed by atoms with Crippen molar-refractivity contribution in [2.45, 2.75) is 25.7 Å². The predicted molar refractivity (Wildman–Crippen MR) is 289 cm³/mol. The molecule has 0 aromatic heterocycles. The van der Waals surface area contributed by atoms with Gasteiger partial charge in [-0.1, -0.05) is 171 Å². The van der Waals surface area contributed by atoms with Crippen molar-refractivity contribution in [3.05, 3.63) is 252 Å². The number of benzene rings is 8. The van der Waals surface area contributed by atoms with E-state index < -0.39 is 0 Å². The Kier molecular flexibility index (Phi) is 14.5. The number of rotatable bonds is 16. The Morgan fingerprint density at radius 2 is 0.657 bits per heavy atom. The lowest BCUT2D eigenvalue weighted by Crippen LogP contribution is -1.95. The van der Waals surface area contributed by atoms with E-state index in [1.807, 2.05) is 24.3 Å². The molecule has 0 bridgehead atoms. The van der Waals surface area contributed by atoms with E-state index in [1.165, 1.54) is 12.4 Å². The van der Waals surface area contributed by atoms with Crippen molar-refractivity contribution >= 4 is 32.3 Å². The van der Waals surface area contributed by atoms with Gasteiger partial charge in [0, 0.05) is 22.3 Å². The van der Waals surface area contributed by atoms with Crippen LogP contribution in [0, 0.1) is 45.3 Å². The summed E-state index contributed by atoms with van der Waals surface area (Å²) in [7, 11) is 0. The van der Waals surface area contributed by atoms with E-state index in [-0.39, 0.29) is 0 Å². The van der Waals surface area contributed by atoms with Gasteiger partial charge in [0.05, 0.1) is 24.3 Å². The molecule has 0 saturated heterocycles. The molecule has 0 radical (unpaired) electrons. The maximum absolute atomic E-state index is 9.73. The van der Waals surface area contributed by atoms with Crippen LogP contribution in [0.4, 0.5) is 0 Å². The summed E-state index contributed by atoms with van der Waals surface area (Å²) in [5, 5.41) is 45.4. The van der Waals surface area contributed by atoms with Gasteiger partial charge in [0.25, 0.3) is 0 Å². The van der Waals surface area contributed by atoms with Crippen LogP contribution >= 0.6 is 0 Å². The van der Waals surface area contributed by atoms with Crippen LogP contribution in [0.25, 0.3) is 76.8 Å². The fourth-order valence-corrected chi connectivity index (χ4v) is 9.18.